The molecule has 0 aliphatic heterocycles. The number of fused-ring (bicyclic) bond motifs is 1. The number of nitrogens with one attached hydrogen (secondary N) is 1. The van der Waals surface area contributed by atoms with E-state index < -0.39 is 0 Å². The number of aromatic nitrogens is 2. The van der Waals surface area contributed by atoms with E-state index in [9.17, 15) is 4.39 Å². The normalized spacial score (nSPS) is 10.7. The summed E-state index contributed by atoms with van der Waals surface area (Å²) in [7, 11) is 0. The average Bonchev–Trinajstić information content (AvgIpc) is 2.49. The van der Waals surface area contributed by atoms with Gasteiger partial charge in [-0.1, -0.05) is 30.3 Å². The van der Waals surface area contributed by atoms with Gasteiger partial charge in [-0.3, -0.25) is 0 Å². The number of benzene rings is 2. The molecule has 0 aliphatic carbocycles. The zero-order valence-corrected chi connectivity index (χ0v) is 11.1. The highest BCUT2D eigenvalue weighted by atomic mass is 19.1. The largest absolute Gasteiger partial charge is 0.370 e. The van der Waals surface area contributed by atoms with Gasteiger partial charge in [-0.05, 0) is 25.1 Å². The van der Waals surface area contributed by atoms with Crippen molar-refractivity contribution in [2.75, 3.05) is 11.9 Å². The van der Waals surface area contributed by atoms with Crippen molar-refractivity contribution in [1.82, 2.24) is 9.97 Å². The van der Waals surface area contributed by atoms with Crippen LogP contribution in [0, 0.1) is 5.82 Å². The van der Waals surface area contributed by atoms with Crippen molar-refractivity contribution in [2.24, 2.45) is 0 Å². The summed E-state index contributed by atoms with van der Waals surface area (Å²) in [6.07, 6.45) is 0. The van der Waals surface area contributed by atoms with Crippen LogP contribution in [-0.4, -0.2) is 16.5 Å². The number of halogens is 1. The third-order valence-electron chi connectivity index (χ3n) is 3.03. The first-order chi connectivity index (χ1) is 9.78. The van der Waals surface area contributed by atoms with Crippen LogP contribution in [0.5, 0.6) is 0 Å². The van der Waals surface area contributed by atoms with E-state index in [2.05, 4.69) is 15.3 Å². The molecule has 1 N–H and O–H groups in total. The minimum Gasteiger partial charge on any atom is -0.370 e. The maximum atomic E-state index is 13.4. The summed E-state index contributed by atoms with van der Waals surface area (Å²) >= 11 is 0. The molecule has 3 rings (SSSR count). The molecule has 3 aromatic rings. The van der Waals surface area contributed by atoms with Crippen molar-refractivity contribution in [1.29, 1.82) is 0 Å². The van der Waals surface area contributed by atoms with E-state index in [1.165, 1.54) is 12.1 Å². The summed E-state index contributed by atoms with van der Waals surface area (Å²) < 4.78 is 13.4. The van der Waals surface area contributed by atoms with Crippen molar-refractivity contribution >= 4 is 16.7 Å². The summed E-state index contributed by atoms with van der Waals surface area (Å²) in [5.74, 6) is 1.02. The molecule has 1 heterocycles. The van der Waals surface area contributed by atoms with Gasteiger partial charge in [0.25, 0.3) is 0 Å². The van der Waals surface area contributed by atoms with Gasteiger partial charge in [-0.2, -0.15) is 0 Å². The van der Waals surface area contributed by atoms with Crippen LogP contribution in [-0.2, 0) is 0 Å². The molecule has 0 saturated heterocycles. The predicted octanol–water partition coefficient (Wildman–Crippen LogP) is 3.87. The highest BCUT2D eigenvalue weighted by molar-refractivity contribution is 5.90. The minimum absolute atomic E-state index is 0.285. The first-order valence-electron chi connectivity index (χ1n) is 6.54. The predicted molar refractivity (Wildman–Crippen MR) is 79.1 cm³/mol. The SMILES string of the molecule is CCNc1nc(-c2ccccc2)nc2ccc(F)cc12. The average molecular weight is 267 g/mol. The monoisotopic (exact) mass is 267 g/mol. The Balaban J connectivity index is 2.23. The Morgan fingerprint density at radius 3 is 2.60 bits per heavy atom. The number of hydrogen-bond acceptors (Lipinski definition) is 3. The molecular formula is C16H14FN3. The van der Waals surface area contributed by atoms with Crippen LogP contribution < -0.4 is 5.32 Å². The lowest BCUT2D eigenvalue weighted by Crippen LogP contribution is -2.03. The van der Waals surface area contributed by atoms with Crippen molar-refractivity contribution in [3.63, 3.8) is 0 Å². The molecule has 0 atom stereocenters. The maximum absolute atomic E-state index is 13.4. The van der Waals surface area contributed by atoms with Gasteiger partial charge in [0.1, 0.15) is 11.6 Å². The first-order valence-corrected chi connectivity index (χ1v) is 6.54. The molecule has 100 valence electrons. The molecule has 0 saturated carbocycles. The molecule has 0 spiro atoms. The summed E-state index contributed by atoms with van der Waals surface area (Å²) in [4.78, 5) is 9.02. The van der Waals surface area contributed by atoms with Crippen LogP contribution in [0.1, 0.15) is 6.92 Å². The third-order valence-corrected chi connectivity index (χ3v) is 3.03. The Morgan fingerprint density at radius 1 is 1.05 bits per heavy atom. The molecule has 20 heavy (non-hydrogen) atoms. The van der Waals surface area contributed by atoms with Crippen LogP contribution in [0.4, 0.5) is 10.2 Å². The fourth-order valence-electron chi connectivity index (χ4n) is 2.12. The molecule has 0 radical (unpaired) electrons. The van der Waals surface area contributed by atoms with Crippen LogP contribution in [0.25, 0.3) is 22.3 Å². The summed E-state index contributed by atoms with van der Waals surface area (Å²) in [5, 5.41) is 3.87. The van der Waals surface area contributed by atoms with Gasteiger partial charge in [0.2, 0.25) is 0 Å². The molecule has 1 aromatic heterocycles. The Kier molecular flexibility index (Phi) is 3.29. The van der Waals surface area contributed by atoms with Crippen molar-refractivity contribution in [3.8, 4) is 11.4 Å². The second-order valence-electron chi connectivity index (χ2n) is 4.45. The van der Waals surface area contributed by atoms with Crippen LogP contribution in [0.15, 0.2) is 48.5 Å². The Morgan fingerprint density at radius 2 is 1.85 bits per heavy atom. The molecule has 0 amide bonds. The summed E-state index contributed by atoms with van der Waals surface area (Å²) in [6.45, 7) is 2.70. The maximum Gasteiger partial charge on any atom is 0.162 e. The molecular weight excluding hydrogens is 253 g/mol. The molecule has 0 bridgehead atoms. The molecule has 3 nitrogen and oxygen atoms in total. The van der Waals surface area contributed by atoms with Crippen LogP contribution in [0.3, 0.4) is 0 Å². The summed E-state index contributed by atoms with van der Waals surface area (Å²) in [6, 6.07) is 14.3. The van der Waals surface area contributed by atoms with Gasteiger partial charge in [-0.25, -0.2) is 14.4 Å². The van der Waals surface area contributed by atoms with Gasteiger partial charge >= 0.3 is 0 Å². The topological polar surface area (TPSA) is 37.8 Å². The highest BCUT2D eigenvalue weighted by Crippen LogP contribution is 2.25. The number of nitrogens with zero attached hydrogens (tertiary/aromatic N) is 2. The Bertz CT molecular complexity index is 741. The van der Waals surface area contributed by atoms with E-state index in [0.29, 0.717) is 17.0 Å². The van der Waals surface area contributed by atoms with Crippen molar-refractivity contribution < 1.29 is 4.39 Å². The Labute approximate surface area is 116 Å². The minimum atomic E-state index is -0.285. The quantitative estimate of drug-likeness (QED) is 0.782. The highest BCUT2D eigenvalue weighted by Gasteiger charge is 2.09. The number of hydrogen-bond donors (Lipinski definition) is 1. The summed E-state index contributed by atoms with van der Waals surface area (Å²) in [5.41, 5.74) is 1.68. The first kappa shape index (κ1) is 12.5. The van der Waals surface area contributed by atoms with Gasteiger partial charge in [0, 0.05) is 17.5 Å². The van der Waals surface area contributed by atoms with Gasteiger partial charge in [0.05, 0.1) is 5.52 Å². The lowest BCUT2D eigenvalue weighted by Gasteiger charge is -2.09. The zero-order chi connectivity index (χ0) is 13.9. The second-order valence-corrected chi connectivity index (χ2v) is 4.45. The van der Waals surface area contributed by atoms with E-state index in [1.54, 1.807) is 6.07 Å². The second kappa shape index (κ2) is 5.25. The molecule has 0 aliphatic rings. The van der Waals surface area contributed by atoms with E-state index in [4.69, 9.17) is 0 Å². The van der Waals surface area contributed by atoms with Gasteiger partial charge in [-0.15, -0.1) is 0 Å². The number of rotatable bonds is 3. The fourth-order valence-corrected chi connectivity index (χ4v) is 2.12. The van der Waals surface area contributed by atoms with Gasteiger partial charge in [0.15, 0.2) is 5.82 Å². The zero-order valence-electron chi connectivity index (χ0n) is 11.1. The third kappa shape index (κ3) is 2.32. The standard InChI is InChI=1S/C16H14FN3/c1-2-18-16-13-10-12(17)8-9-14(13)19-15(20-16)11-6-4-3-5-7-11/h3-10H,2H2,1H3,(H,18,19,20). The lowest BCUT2D eigenvalue weighted by molar-refractivity contribution is 0.629. The lowest BCUT2D eigenvalue weighted by atomic mass is 10.2. The van der Waals surface area contributed by atoms with Crippen molar-refractivity contribution in [2.45, 2.75) is 6.92 Å². The van der Waals surface area contributed by atoms with E-state index in [-0.39, 0.29) is 5.82 Å². The fraction of sp³-hybridized carbons (Fsp3) is 0.125. The van der Waals surface area contributed by atoms with E-state index in [0.717, 1.165) is 17.6 Å². The van der Waals surface area contributed by atoms with E-state index in [1.807, 2.05) is 37.3 Å². The smallest absolute Gasteiger partial charge is 0.162 e. The van der Waals surface area contributed by atoms with E-state index >= 15 is 0 Å². The van der Waals surface area contributed by atoms with Crippen molar-refractivity contribution in [3.05, 3.63) is 54.3 Å². The van der Waals surface area contributed by atoms with Gasteiger partial charge < -0.3 is 5.32 Å². The molecule has 4 heteroatoms. The van der Waals surface area contributed by atoms with Crippen LogP contribution in [0.2, 0.25) is 0 Å². The molecule has 0 unspecified atom stereocenters. The molecule has 0 fully saturated rings. The van der Waals surface area contributed by atoms with Crippen LogP contribution >= 0.6 is 0 Å². The Hall–Kier alpha value is -2.49. The molecule has 2 aromatic carbocycles. The number of anilines is 1.